The van der Waals surface area contributed by atoms with E-state index in [1.807, 2.05) is 0 Å². The molecule has 2 saturated carbocycles. The van der Waals surface area contributed by atoms with Crippen molar-refractivity contribution in [3.8, 4) is 5.75 Å². The standard InChI is InChI=1S/C18H25ClN2O4S/c1-11(18(22)20-16-9-12-4-5-13(16)8-12)21(26(3,23)24)14-6-7-17(25-2)15(19)10-14/h6-7,10-13,16H,4-5,8-9H2,1-3H3,(H,20,22)/t11-,12+,13+,16-/m1/s1. The Morgan fingerprint density at radius 2 is 2.08 bits per heavy atom. The number of hydrogen-bond donors (Lipinski definition) is 1. The van der Waals surface area contributed by atoms with Crippen molar-refractivity contribution in [2.75, 3.05) is 17.7 Å². The van der Waals surface area contributed by atoms with Crippen LogP contribution >= 0.6 is 11.6 Å². The van der Waals surface area contributed by atoms with Crippen molar-refractivity contribution in [3.05, 3.63) is 23.2 Å². The monoisotopic (exact) mass is 400 g/mol. The minimum atomic E-state index is -3.67. The smallest absolute Gasteiger partial charge is 0.243 e. The van der Waals surface area contributed by atoms with E-state index in [1.165, 1.54) is 26.0 Å². The predicted octanol–water partition coefficient (Wildman–Crippen LogP) is 2.81. The molecule has 1 N–H and O–H groups in total. The molecule has 3 rings (SSSR count). The molecule has 2 aliphatic carbocycles. The molecule has 4 atom stereocenters. The molecule has 0 heterocycles. The normalized spacial score (nSPS) is 25.8. The van der Waals surface area contributed by atoms with Crippen molar-refractivity contribution < 1.29 is 17.9 Å². The number of methoxy groups -OCH3 is 1. The number of fused-ring (bicyclic) bond motifs is 2. The molecule has 1 amide bonds. The van der Waals surface area contributed by atoms with Crippen molar-refractivity contribution in [1.82, 2.24) is 5.32 Å². The van der Waals surface area contributed by atoms with E-state index in [0.29, 0.717) is 28.3 Å². The lowest BCUT2D eigenvalue weighted by molar-refractivity contribution is -0.122. The van der Waals surface area contributed by atoms with Crippen LogP contribution in [0.2, 0.25) is 5.02 Å². The molecule has 2 fully saturated rings. The predicted molar refractivity (Wildman–Crippen MR) is 102 cm³/mol. The highest BCUT2D eigenvalue weighted by Crippen LogP contribution is 2.44. The number of ether oxygens (including phenoxy) is 1. The first kappa shape index (κ1) is 19.3. The fraction of sp³-hybridized carbons (Fsp3) is 0.611. The summed E-state index contributed by atoms with van der Waals surface area (Å²) >= 11 is 6.14. The molecule has 144 valence electrons. The highest BCUT2D eigenvalue weighted by molar-refractivity contribution is 7.92. The summed E-state index contributed by atoms with van der Waals surface area (Å²) in [6.07, 6.45) is 5.65. The summed E-state index contributed by atoms with van der Waals surface area (Å²) in [6, 6.07) is 3.98. The molecule has 0 unspecified atom stereocenters. The van der Waals surface area contributed by atoms with Crippen LogP contribution in [0.15, 0.2) is 18.2 Å². The number of anilines is 1. The van der Waals surface area contributed by atoms with Gasteiger partial charge in [0.05, 0.1) is 24.1 Å². The Morgan fingerprint density at radius 1 is 1.35 bits per heavy atom. The average Bonchev–Trinajstić information content (AvgIpc) is 3.16. The van der Waals surface area contributed by atoms with Crippen LogP contribution in [0.4, 0.5) is 5.69 Å². The summed E-state index contributed by atoms with van der Waals surface area (Å²) in [5.41, 5.74) is 0.342. The molecule has 0 saturated heterocycles. The second kappa shape index (κ2) is 7.27. The molecule has 8 heteroatoms. The van der Waals surface area contributed by atoms with Gasteiger partial charge in [-0.05, 0) is 56.2 Å². The second-order valence-corrected chi connectivity index (χ2v) is 9.61. The first-order chi connectivity index (χ1) is 12.2. The molecule has 0 spiro atoms. The van der Waals surface area contributed by atoms with Crippen LogP contribution in [0, 0.1) is 11.8 Å². The van der Waals surface area contributed by atoms with Crippen LogP contribution in [-0.4, -0.2) is 39.8 Å². The van der Waals surface area contributed by atoms with Crippen molar-refractivity contribution in [2.24, 2.45) is 11.8 Å². The lowest BCUT2D eigenvalue weighted by Gasteiger charge is -2.31. The largest absolute Gasteiger partial charge is 0.495 e. The van der Waals surface area contributed by atoms with Gasteiger partial charge in [0.1, 0.15) is 11.8 Å². The first-order valence-corrected chi connectivity index (χ1v) is 11.1. The Morgan fingerprint density at radius 3 is 2.58 bits per heavy atom. The van der Waals surface area contributed by atoms with E-state index in [9.17, 15) is 13.2 Å². The third-order valence-electron chi connectivity index (χ3n) is 5.54. The average molecular weight is 401 g/mol. The van der Waals surface area contributed by atoms with E-state index >= 15 is 0 Å². The number of nitrogens with zero attached hydrogens (tertiary/aromatic N) is 1. The number of carbonyl (C=O) groups excluding carboxylic acids is 1. The van der Waals surface area contributed by atoms with Gasteiger partial charge < -0.3 is 10.1 Å². The van der Waals surface area contributed by atoms with Gasteiger partial charge in [-0.3, -0.25) is 9.10 Å². The molecule has 2 bridgehead atoms. The zero-order chi connectivity index (χ0) is 19.1. The highest BCUT2D eigenvalue weighted by Gasteiger charge is 2.41. The maximum Gasteiger partial charge on any atom is 0.243 e. The van der Waals surface area contributed by atoms with Gasteiger partial charge in [0.15, 0.2) is 0 Å². The second-order valence-electron chi connectivity index (χ2n) is 7.34. The Labute approximate surface area is 159 Å². The number of halogens is 1. The van der Waals surface area contributed by atoms with E-state index in [0.717, 1.165) is 23.4 Å². The quantitative estimate of drug-likeness (QED) is 0.796. The number of carbonyl (C=O) groups is 1. The fourth-order valence-electron chi connectivity index (χ4n) is 4.33. The van der Waals surface area contributed by atoms with Gasteiger partial charge in [-0.1, -0.05) is 18.0 Å². The lowest BCUT2D eigenvalue weighted by atomic mass is 9.95. The van der Waals surface area contributed by atoms with E-state index in [2.05, 4.69) is 5.32 Å². The molecule has 2 aliphatic rings. The molecule has 0 aliphatic heterocycles. The number of amides is 1. The minimum Gasteiger partial charge on any atom is -0.495 e. The van der Waals surface area contributed by atoms with Crippen molar-refractivity contribution in [2.45, 2.75) is 44.7 Å². The van der Waals surface area contributed by atoms with Crippen LogP contribution in [-0.2, 0) is 14.8 Å². The van der Waals surface area contributed by atoms with Crippen molar-refractivity contribution >= 4 is 33.2 Å². The number of sulfonamides is 1. The van der Waals surface area contributed by atoms with Crippen LogP contribution in [0.5, 0.6) is 5.75 Å². The lowest BCUT2D eigenvalue weighted by Crippen LogP contribution is -2.51. The molecule has 6 nitrogen and oxygen atoms in total. The van der Waals surface area contributed by atoms with E-state index < -0.39 is 16.1 Å². The van der Waals surface area contributed by atoms with Crippen LogP contribution in [0.25, 0.3) is 0 Å². The van der Waals surface area contributed by atoms with Gasteiger partial charge in [-0.25, -0.2) is 8.42 Å². The van der Waals surface area contributed by atoms with Gasteiger partial charge in [0, 0.05) is 6.04 Å². The molecule has 1 aromatic carbocycles. The maximum absolute atomic E-state index is 12.8. The summed E-state index contributed by atoms with van der Waals surface area (Å²) in [4.78, 5) is 12.8. The summed E-state index contributed by atoms with van der Waals surface area (Å²) in [5, 5.41) is 3.36. The zero-order valence-corrected chi connectivity index (χ0v) is 16.8. The zero-order valence-electron chi connectivity index (χ0n) is 15.2. The van der Waals surface area contributed by atoms with Gasteiger partial charge in [0.25, 0.3) is 0 Å². The Kier molecular flexibility index (Phi) is 5.40. The Balaban J connectivity index is 1.81. The molecule has 0 aromatic heterocycles. The van der Waals surface area contributed by atoms with Crippen LogP contribution in [0.3, 0.4) is 0 Å². The number of benzene rings is 1. The molecule has 26 heavy (non-hydrogen) atoms. The van der Waals surface area contributed by atoms with Crippen molar-refractivity contribution in [3.63, 3.8) is 0 Å². The SMILES string of the molecule is COc1ccc(N([C@H](C)C(=O)N[C@@H]2C[C@H]3CC[C@H]2C3)S(C)(=O)=O)cc1Cl. The van der Waals surface area contributed by atoms with Gasteiger partial charge in [0.2, 0.25) is 15.9 Å². The molecule has 1 aromatic rings. The van der Waals surface area contributed by atoms with Crippen LogP contribution < -0.4 is 14.4 Å². The van der Waals surface area contributed by atoms with E-state index in [-0.39, 0.29) is 11.9 Å². The summed E-state index contributed by atoms with van der Waals surface area (Å²) in [7, 11) is -2.18. The third-order valence-corrected chi connectivity index (χ3v) is 7.08. The number of hydrogen-bond acceptors (Lipinski definition) is 4. The third kappa shape index (κ3) is 3.78. The summed E-state index contributed by atoms with van der Waals surface area (Å²) in [5.74, 6) is 1.40. The van der Waals surface area contributed by atoms with E-state index in [1.54, 1.807) is 19.1 Å². The Hall–Kier alpha value is -1.47. The highest BCUT2D eigenvalue weighted by atomic mass is 35.5. The van der Waals surface area contributed by atoms with Crippen molar-refractivity contribution in [1.29, 1.82) is 0 Å². The first-order valence-electron chi connectivity index (χ1n) is 8.84. The fourth-order valence-corrected chi connectivity index (χ4v) is 5.74. The van der Waals surface area contributed by atoms with Gasteiger partial charge in [-0.15, -0.1) is 0 Å². The molecule has 0 radical (unpaired) electrons. The van der Waals surface area contributed by atoms with Crippen LogP contribution in [0.1, 0.15) is 32.6 Å². The summed E-state index contributed by atoms with van der Waals surface area (Å²) < 4.78 is 31.0. The number of rotatable bonds is 6. The van der Waals surface area contributed by atoms with E-state index in [4.69, 9.17) is 16.3 Å². The topological polar surface area (TPSA) is 75.7 Å². The summed E-state index contributed by atoms with van der Waals surface area (Å²) in [6.45, 7) is 1.60. The molecular weight excluding hydrogens is 376 g/mol. The minimum absolute atomic E-state index is 0.157. The molecular formula is C18H25ClN2O4S. The Bertz CT molecular complexity index is 798. The number of nitrogens with one attached hydrogen (secondary N) is 1. The van der Waals surface area contributed by atoms with Gasteiger partial charge >= 0.3 is 0 Å². The maximum atomic E-state index is 12.8. The van der Waals surface area contributed by atoms with Gasteiger partial charge in [-0.2, -0.15) is 0 Å².